The number of fused-ring (bicyclic) bond motifs is 1. The number of aromatic nitrogens is 2. The molecule has 1 N–H and O–H groups in total. The van der Waals surface area contributed by atoms with Crippen LogP contribution in [0.15, 0.2) is 60.7 Å². The predicted octanol–water partition coefficient (Wildman–Crippen LogP) is 5.25. The third-order valence-electron chi connectivity index (χ3n) is 11.8. The molecule has 3 fully saturated rings. The van der Waals surface area contributed by atoms with E-state index in [-0.39, 0.29) is 24.3 Å². The van der Waals surface area contributed by atoms with Crippen molar-refractivity contribution in [1.82, 2.24) is 29.8 Å². The van der Waals surface area contributed by atoms with Gasteiger partial charge in [0.2, 0.25) is 17.5 Å². The lowest BCUT2D eigenvalue weighted by atomic mass is 10.0. The number of hydrogen-bond donors (Lipinski definition) is 1. The van der Waals surface area contributed by atoms with Crippen LogP contribution in [0.4, 0.5) is 11.4 Å². The highest BCUT2D eigenvalue weighted by Crippen LogP contribution is 2.34. The van der Waals surface area contributed by atoms with E-state index < -0.39 is 29.7 Å². The number of rotatable bonds is 7. The Balaban J connectivity index is 0.829. The van der Waals surface area contributed by atoms with Crippen molar-refractivity contribution in [1.29, 1.82) is 0 Å². The molecule has 0 aliphatic carbocycles. The first kappa shape index (κ1) is 37.1. The van der Waals surface area contributed by atoms with E-state index in [1.807, 2.05) is 59.8 Å². The van der Waals surface area contributed by atoms with Gasteiger partial charge in [0.1, 0.15) is 6.04 Å². The molecule has 0 radical (unpaired) electrons. The minimum atomic E-state index is -0.984. The van der Waals surface area contributed by atoms with Crippen LogP contribution in [-0.2, 0) is 16.1 Å². The van der Waals surface area contributed by atoms with Gasteiger partial charge < -0.3 is 9.80 Å². The highest BCUT2D eigenvalue weighted by molar-refractivity contribution is 6.33. The van der Waals surface area contributed by atoms with Crippen LogP contribution in [0.2, 0.25) is 5.02 Å². The van der Waals surface area contributed by atoms with Gasteiger partial charge in [-0.05, 0) is 80.6 Å². The van der Waals surface area contributed by atoms with Crippen LogP contribution < -0.4 is 10.2 Å². The average molecular weight is 773 g/mol. The Kier molecular flexibility index (Phi) is 9.94. The molecule has 13 nitrogen and oxygen atoms in total. The number of carbonyl (C=O) groups is 5. The molecule has 5 heterocycles. The molecule has 0 spiro atoms. The molecular weight excluding hydrogens is 732 g/mol. The fraction of sp³-hybridized carbons (Fsp3) is 0.357. The SMILES string of the molecule is [C-]#[N+]c1ccc(-c2nn(Cc3ccc(C(=O)N4CCN(C5CCN(c6ccc7c(c6)C(=O)N(C6CCC(=O)NC6=O)C7=O)CC5)CC4)cc3)c(C)c2C)cc1Cl. The molecule has 1 aromatic heterocycles. The Morgan fingerprint density at radius 1 is 0.875 bits per heavy atom. The minimum absolute atomic E-state index is 0.0277. The van der Waals surface area contributed by atoms with Gasteiger partial charge in [0, 0.05) is 79.3 Å². The summed E-state index contributed by atoms with van der Waals surface area (Å²) in [5.41, 5.74) is 7.32. The largest absolute Gasteiger partial charge is 0.371 e. The lowest BCUT2D eigenvalue weighted by Gasteiger charge is -2.43. The first-order valence-electron chi connectivity index (χ1n) is 18.9. The third-order valence-corrected chi connectivity index (χ3v) is 12.1. The molecule has 286 valence electrons. The molecule has 1 unspecified atom stereocenters. The number of amides is 5. The van der Waals surface area contributed by atoms with E-state index in [2.05, 4.69) is 20.0 Å². The number of hydrogen-bond acceptors (Lipinski definition) is 8. The number of carbonyl (C=O) groups excluding carboxylic acids is 5. The second-order valence-electron chi connectivity index (χ2n) is 14.9. The number of anilines is 1. The Hall–Kier alpha value is -5.84. The molecular formula is C42H41ClN8O5. The number of piperidine rings is 2. The van der Waals surface area contributed by atoms with E-state index in [0.29, 0.717) is 47.5 Å². The number of imide groups is 2. The monoisotopic (exact) mass is 772 g/mol. The van der Waals surface area contributed by atoms with Gasteiger partial charge in [-0.1, -0.05) is 35.9 Å². The predicted molar refractivity (Wildman–Crippen MR) is 210 cm³/mol. The van der Waals surface area contributed by atoms with Gasteiger partial charge in [-0.2, -0.15) is 5.10 Å². The summed E-state index contributed by atoms with van der Waals surface area (Å²) in [4.78, 5) is 75.1. The zero-order chi connectivity index (χ0) is 39.2. The van der Waals surface area contributed by atoms with E-state index in [9.17, 15) is 24.0 Å². The molecule has 3 aromatic carbocycles. The van der Waals surface area contributed by atoms with E-state index in [1.165, 1.54) is 0 Å². The van der Waals surface area contributed by atoms with Gasteiger partial charge in [0.25, 0.3) is 17.7 Å². The molecule has 0 saturated carbocycles. The van der Waals surface area contributed by atoms with Crippen LogP contribution in [0, 0.1) is 20.4 Å². The molecule has 3 saturated heterocycles. The summed E-state index contributed by atoms with van der Waals surface area (Å²) in [6.07, 6.45) is 2.07. The van der Waals surface area contributed by atoms with Gasteiger partial charge in [-0.3, -0.25) is 43.8 Å². The topological polar surface area (TPSA) is 133 Å². The van der Waals surface area contributed by atoms with Crippen LogP contribution >= 0.6 is 11.6 Å². The molecule has 5 amide bonds. The number of nitrogens with zero attached hydrogens (tertiary/aromatic N) is 7. The van der Waals surface area contributed by atoms with Crippen molar-refractivity contribution >= 4 is 52.5 Å². The fourth-order valence-corrected chi connectivity index (χ4v) is 8.57. The summed E-state index contributed by atoms with van der Waals surface area (Å²) in [5, 5.41) is 7.50. The van der Waals surface area contributed by atoms with Crippen LogP contribution in [0.25, 0.3) is 16.1 Å². The second kappa shape index (κ2) is 15.0. The first-order chi connectivity index (χ1) is 27.0. The lowest BCUT2D eigenvalue weighted by Crippen LogP contribution is -2.54. The van der Waals surface area contributed by atoms with E-state index >= 15 is 0 Å². The smallest absolute Gasteiger partial charge is 0.262 e. The number of nitrogens with one attached hydrogen (secondary N) is 1. The van der Waals surface area contributed by atoms with Crippen molar-refractivity contribution in [2.75, 3.05) is 44.2 Å². The second-order valence-corrected chi connectivity index (χ2v) is 15.3. The number of halogens is 1. The molecule has 8 rings (SSSR count). The highest BCUT2D eigenvalue weighted by Gasteiger charge is 2.45. The molecule has 4 aliphatic heterocycles. The van der Waals surface area contributed by atoms with Crippen LogP contribution in [0.5, 0.6) is 0 Å². The van der Waals surface area contributed by atoms with E-state index in [1.54, 1.807) is 24.3 Å². The zero-order valence-corrected chi connectivity index (χ0v) is 32.0. The third kappa shape index (κ3) is 6.84. The highest BCUT2D eigenvalue weighted by atomic mass is 35.5. The average Bonchev–Trinajstić information content (AvgIpc) is 3.63. The lowest BCUT2D eigenvalue weighted by molar-refractivity contribution is -0.136. The van der Waals surface area contributed by atoms with Gasteiger partial charge in [0.05, 0.1) is 29.9 Å². The fourth-order valence-electron chi connectivity index (χ4n) is 8.35. The molecule has 56 heavy (non-hydrogen) atoms. The molecule has 4 aliphatic rings. The van der Waals surface area contributed by atoms with Gasteiger partial charge in [-0.15, -0.1) is 0 Å². The van der Waals surface area contributed by atoms with Gasteiger partial charge >= 0.3 is 0 Å². The normalized spacial score (nSPS) is 19.3. The first-order valence-corrected chi connectivity index (χ1v) is 19.3. The summed E-state index contributed by atoms with van der Waals surface area (Å²) in [6.45, 7) is 16.4. The van der Waals surface area contributed by atoms with Crippen molar-refractivity contribution in [3.05, 3.63) is 111 Å². The molecule has 1 atom stereocenters. The summed E-state index contributed by atoms with van der Waals surface area (Å²) in [7, 11) is 0. The molecule has 14 heteroatoms. The quantitative estimate of drug-likeness (QED) is 0.199. The van der Waals surface area contributed by atoms with Crippen molar-refractivity contribution < 1.29 is 24.0 Å². The molecule has 4 aromatic rings. The maximum atomic E-state index is 13.5. The summed E-state index contributed by atoms with van der Waals surface area (Å²) >= 11 is 6.30. The van der Waals surface area contributed by atoms with Crippen LogP contribution in [-0.4, -0.2) is 105 Å². The van der Waals surface area contributed by atoms with Crippen molar-refractivity contribution in [3.8, 4) is 11.3 Å². The maximum Gasteiger partial charge on any atom is 0.262 e. The number of piperazine rings is 1. The maximum absolute atomic E-state index is 13.5. The van der Waals surface area contributed by atoms with Gasteiger partial charge in [0.15, 0.2) is 0 Å². The van der Waals surface area contributed by atoms with Gasteiger partial charge in [-0.25, -0.2) is 4.85 Å². The summed E-state index contributed by atoms with van der Waals surface area (Å²) in [5.74, 6) is -1.99. The van der Waals surface area contributed by atoms with Crippen LogP contribution in [0.1, 0.15) is 73.6 Å². The van der Waals surface area contributed by atoms with Crippen LogP contribution in [0.3, 0.4) is 0 Å². The van der Waals surface area contributed by atoms with Crippen molar-refractivity contribution in [3.63, 3.8) is 0 Å². The summed E-state index contributed by atoms with van der Waals surface area (Å²) in [6, 6.07) is 17.8. The van der Waals surface area contributed by atoms with Crippen molar-refractivity contribution in [2.24, 2.45) is 0 Å². The van der Waals surface area contributed by atoms with Crippen molar-refractivity contribution in [2.45, 2.75) is 58.2 Å². The standard InChI is InChI=1S/C42H41ClN8O5/c1-25-26(2)50(46-38(25)29-8-11-35(44-3)34(43)22-29)24-27-4-6-28(7-5-27)40(54)49-20-18-48(19-21-49)30-14-16-47(17-15-30)31-9-10-32-33(23-31)42(56)51(41(32)55)36-12-13-37(52)45-39(36)53/h4-11,22-23,30,36H,12-21,24H2,1-2H3,(H,45,52,53). The zero-order valence-electron chi connectivity index (χ0n) is 31.3. The Morgan fingerprint density at radius 2 is 1.59 bits per heavy atom. The Morgan fingerprint density at radius 3 is 2.27 bits per heavy atom. The minimum Gasteiger partial charge on any atom is -0.371 e. The summed E-state index contributed by atoms with van der Waals surface area (Å²) < 4.78 is 1.95. The van der Waals surface area contributed by atoms with E-state index in [0.717, 1.165) is 77.7 Å². The molecule has 0 bridgehead atoms. The van der Waals surface area contributed by atoms with E-state index in [4.69, 9.17) is 23.3 Å². The Bertz CT molecular complexity index is 2320. The number of benzene rings is 3. The Labute approximate surface area is 329 Å².